The average molecular weight is 786 g/mol. The number of aromatic amines is 1. The molecule has 2 atom stereocenters. The van der Waals surface area contributed by atoms with E-state index in [2.05, 4.69) is 32.7 Å². The molecule has 300 valence electrons. The Kier molecular flexibility index (Phi) is 13.4. The van der Waals surface area contributed by atoms with Gasteiger partial charge in [0.1, 0.15) is 29.1 Å². The van der Waals surface area contributed by atoms with Crippen LogP contribution in [0.5, 0.6) is 0 Å². The Morgan fingerprint density at radius 3 is 2.32 bits per heavy atom. The van der Waals surface area contributed by atoms with E-state index in [9.17, 15) is 24.0 Å². The molecule has 13 heteroatoms. The first-order valence-electron chi connectivity index (χ1n) is 19.3. The van der Waals surface area contributed by atoms with E-state index < -0.39 is 47.0 Å². The van der Waals surface area contributed by atoms with Crippen molar-refractivity contribution in [2.45, 2.75) is 129 Å². The molecule has 56 heavy (non-hydrogen) atoms. The van der Waals surface area contributed by atoms with Crippen LogP contribution in [0.1, 0.15) is 118 Å². The van der Waals surface area contributed by atoms with Gasteiger partial charge in [0.2, 0.25) is 5.91 Å². The van der Waals surface area contributed by atoms with Crippen LogP contribution in [0.15, 0.2) is 59.4 Å². The Bertz CT molecular complexity index is 2110. The summed E-state index contributed by atoms with van der Waals surface area (Å²) in [5.41, 5.74) is 1.87. The minimum atomic E-state index is -1.17. The van der Waals surface area contributed by atoms with E-state index in [4.69, 9.17) is 9.47 Å². The van der Waals surface area contributed by atoms with Crippen LogP contribution < -0.4 is 21.1 Å². The third-order valence-corrected chi connectivity index (χ3v) is 10.6. The molecule has 0 spiro atoms. The fraction of sp³-hybridized carbons (Fsp3) is 0.488. The number of hydrogen-bond donors (Lipinski definition) is 3. The van der Waals surface area contributed by atoms with Gasteiger partial charge in [-0.2, -0.15) is 0 Å². The van der Waals surface area contributed by atoms with Crippen LogP contribution in [0.3, 0.4) is 0 Å². The van der Waals surface area contributed by atoms with E-state index in [0.29, 0.717) is 34.1 Å². The second-order valence-corrected chi connectivity index (χ2v) is 17.7. The van der Waals surface area contributed by atoms with Crippen molar-refractivity contribution in [3.8, 4) is 0 Å². The van der Waals surface area contributed by atoms with Crippen molar-refractivity contribution in [3.05, 3.63) is 92.3 Å². The molecular weight excluding hydrogens is 731 g/mol. The van der Waals surface area contributed by atoms with Crippen LogP contribution in [0, 0.1) is 6.92 Å². The molecule has 12 nitrogen and oxygen atoms in total. The maximum atomic E-state index is 14.1. The summed E-state index contributed by atoms with van der Waals surface area (Å²) in [5.74, 6) is -1.21. The zero-order chi connectivity index (χ0) is 40.8. The minimum absolute atomic E-state index is 0.0572. The normalized spacial score (nSPS) is 14.6. The number of esters is 2. The fourth-order valence-electron chi connectivity index (χ4n) is 6.87. The topological polar surface area (TPSA) is 160 Å². The van der Waals surface area contributed by atoms with E-state index in [1.807, 2.05) is 48.3 Å². The van der Waals surface area contributed by atoms with Crippen LogP contribution in [0.2, 0.25) is 0 Å². The molecule has 1 fully saturated rings. The summed E-state index contributed by atoms with van der Waals surface area (Å²) in [6.07, 6.45) is 4.63. The van der Waals surface area contributed by atoms with Gasteiger partial charge in [-0.1, -0.05) is 43.2 Å². The molecule has 2 aromatic carbocycles. The summed E-state index contributed by atoms with van der Waals surface area (Å²) in [7, 11) is 1.88. The number of anilines is 1. The Hall–Kier alpha value is -5.04. The third-order valence-electron chi connectivity index (χ3n) is 9.40. The Morgan fingerprint density at radius 2 is 1.62 bits per heavy atom. The lowest BCUT2D eigenvalue weighted by molar-refractivity contribution is -0.159. The van der Waals surface area contributed by atoms with E-state index in [0.717, 1.165) is 29.0 Å². The van der Waals surface area contributed by atoms with Crippen molar-refractivity contribution in [1.29, 1.82) is 0 Å². The number of aryl methyl sites for hydroxylation is 1. The van der Waals surface area contributed by atoms with Gasteiger partial charge >= 0.3 is 11.9 Å². The zero-order valence-electron chi connectivity index (χ0n) is 33.7. The number of amides is 2. The first kappa shape index (κ1) is 42.1. The minimum Gasteiger partial charge on any atom is -0.460 e. The fourth-order valence-corrected chi connectivity index (χ4v) is 7.74. The van der Waals surface area contributed by atoms with Gasteiger partial charge in [0.15, 0.2) is 0 Å². The van der Waals surface area contributed by atoms with Gasteiger partial charge in [-0.25, -0.2) is 9.78 Å². The highest BCUT2D eigenvalue weighted by Gasteiger charge is 2.32. The standard InChI is InChI=1S/C43H55N5O7S/c1-26-44-32-17-16-28(23-31(32)38(50)45-26)25-48(8)36-20-19-35(56-36)40(52)46-33(18-21-37(49)54-42(2,3)4)39(51)47-34(41(53)55-43(5,6)7)24-27-12-11-15-30(22-27)29-13-9-10-14-29/h11-12,15-17,19-20,22-23,29,33-34H,9-10,13-14,18,21,24-25H2,1-8H3,(H,46,52)(H,47,51)(H,44,45,50)/t33-,34-/m0/s1. The van der Waals surface area contributed by atoms with Crippen LogP contribution >= 0.6 is 11.3 Å². The number of benzene rings is 2. The summed E-state index contributed by atoms with van der Waals surface area (Å²) < 4.78 is 11.2. The number of thiophene rings is 1. The summed E-state index contributed by atoms with van der Waals surface area (Å²) >= 11 is 1.24. The predicted molar refractivity (Wildman–Crippen MR) is 219 cm³/mol. The number of carbonyl (C=O) groups is 4. The molecule has 0 bridgehead atoms. The lowest BCUT2D eigenvalue weighted by atomic mass is 9.94. The van der Waals surface area contributed by atoms with Gasteiger partial charge in [0.05, 0.1) is 20.8 Å². The van der Waals surface area contributed by atoms with Gasteiger partial charge in [-0.3, -0.25) is 19.2 Å². The van der Waals surface area contributed by atoms with Crippen LogP contribution in [0.4, 0.5) is 5.00 Å². The average Bonchev–Trinajstić information content (AvgIpc) is 3.82. The Labute approximate surface area is 332 Å². The Morgan fingerprint density at radius 1 is 0.911 bits per heavy atom. The highest BCUT2D eigenvalue weighted by molar-refractivity contribution is 7.18. The molecule has 1 aliphatic carbocycles. The van der Waals surface area contributed by atoms with Crippen molar-refractivity contribution >= 4 is 51.0 Å². The second kappa shape index (κ2) is 17.8. The van der Waals surface area contributed by atoms with Crippen molar-refractivity contribution in [2.75, 3.05) is 11.9 Å². The Balaban J connectivity index is 1.33. The zero-order valence-corrected chi connectivity index (χ0v) is 34.6. The largest absolute Gasteiger partial charge is 0.460 e. The molecule has 4 aromatic rings. The van der Waals surface area contributed by atoms with E-state index >= 15 is 0 Å². The van der Waals surface area contributed by atoms with Crippen LogP contribution in [-0.4, -0.2) is 64.1 Å². The van der Waals surface area contributed by atoms with Gasteiger partial charge in [0, 0.05) is 26.4 Å². The molecule has 2 heterocycles. The number of carbonyl (C=O) groups excluding carboxylic acids is 4. The van der Waals surface area contributed by atoms with Crippen molar-refractivity contribution in [2.24, 2.45) is 0 Å². The molecule has 0 radical (unpaired) electrons. The summed E-state index contributed by atoms with van der Waals surface area (Å²) in [6, 6.07) is 14.9. The third kappa shape index (κ3) is 12.0. The highest BCUT2D eigenvalue weighted by atomic mass is 32.1. The van der Waals surface area contributed by atoms with Crippen molar-refractivity contribution in [1.82, 2.24) is 20.6 Å². The first-order valence-corrected chi connectivity index (χ1v) is 20.1. The number of hydrogen-bond acceptors (Lipinski definition) is 10. The maximum Gasteiger partial charge on any atom is 0.329 e. The summed E-state index contributed by atoms with van der Waals surface area (Å²) in [5, 5.41) is 6.96. The summed E-state index contributed by atoms with van der Waals surface area (Å²) in [4.78, 5) is 76.2. The number of fused-ring (bicyclic) bond motifs is 1. The summed E-state index contributed by atoms with van der Waals surface area (Å²) in [6.45, 7) is 12.8. The molecule has 2 aromatic heterocycles. The molecule has 0 saturated heterocycles. The van der Waals surface area contributed by atoms with E-state index in [1.54, 1.807) is 54.5 Å². The molecule has 1 saturated carbocycles. The number of H-pyrrole nitrogens is 1. The molecule has 0 aliphatic heterocycles. The highest BCUT2D eigenvalue weighted by Crippen LogP contribution is 2.34. The van der Waals surface area contributed by atoms with E-state index in [1.165, 1.54) is 29.7 Å². The van der Waals surface area contributed by atoms with Crippen LogP contribution in [-0.2, 0) is 36.8 Å². The van der Waals surface area contributed by atoms with Gasteiger partial charge in [-0.15, -0.1) is 11.3 Å². The second-order valence-electron chi connectivity index (χ2n) is 16.7. The van der Waals surface area contributed by atoms with Crippen molar-refractivity contribution < 1.29 is 28.7 Å². The first-order chi connectivity index (χ1) is 26.3. The number of ether oxygens (including phenoxy) is 2. The van der Waals surface area contributed by atoms with Crippen LogP contribution in [0.25, 0.3) is 10.9 Å². The van der Waals surface area contributed by atoms with Gasteiger partial charge in [0.25, 0.3) is 11.5 Å². The monoisotopic (exact) mass is 785 g/mol. The SMILES string of the molecule is Cc1nc2ccc(CN(C)c3ccc(C(=O)N[C@@H](CCC(=O)OC(C)(C)C)C(=O)N[C@@H](Cc4cccc(C5CCCC5)c4)C(=O)OC(C)(C)C)s3)cc2c(=O)[nH]1. The van der Waals surface area contributed by atoms with Gasteiger partial charge < -0.3 is 30.0 Å². The van der Waals surface area contributed by atoms with E-state index in [-0.39, 0.29) is 24.8 Å². The smallest absolute Gasteiger partial charge is 0.329 e. The number of aromatic nitrogens is 2. The number of nitrogens with one attached hydrogen (secondary N) is 3. The number of rotatable bonds is 14. The lowest BCUT2D eigenvalue weighted by Gasteiger charge is -2.27. The molecule has 2 amide bonds. The molecule has 1 aliphatic rings. The molecule has 5 rings (SSSR count). The lowest BCUT2D eigenvalue weighted by Crippen LogP contribution is -2.53. The molecule has 0 unspecified atom stereocenters. The molecule has 3 N–H and O–H groups in total. The van der Waals surface area contributed by atoms with Gasteiger partial charge in [-0.05, 0) is 115 Å². The maximum absolute atomic E-state index is 14.1. The molecular formula is C43H55N5O7S. The quantitative estimate of drug-likeness (QED) is 0.116. The predicted octanol–water partition coefficient (Wildman–Crippen LogP) is 6.88. The van der Waals surface area contributed by atoms with Crippen molar-refractivity contribution in [3.63, 3.8) is 0 Å². The number of nitrogens with zero attached hydrogens (tertiary/aromatic N) is 2.